The van der Waals surface area contributed by atoms with Gasteiger partial charge >= 0.3 is 6.09 Å². The molecule has 0 aromatic heterocycles. The van der Waals surface area contributed by atoms with Gasteiger partial charge in [-0.05, 0) is 45.4 Å². The fraction of sp³-hybridized carbons (Fsp3) is 0.364. The smallest absolute Gasteiger partial charge is 0.408 e. The third-order valence-corrected chi connectivity index (χ3v) is 7.19. The predicted molar refractivity (Wildman–Crippen MR) is 110 cm³/mol. The maximum absolute atomic E-state index is 13.3. The first-order valence-corrected chi connectivity index (χ1v) is 10.9. The second kappa shape index (κ2) is 7.30. The molecular formula is C22H25NO5S. The molecule has 1 N–H and O–H groups in total. The Kier molecular flexibility index (Phi) is 5.30. The largest absolute Gasteiger partial charge is 0.444 e. The lowest BCUT2D eigenvalue weighted by atomic mass is 10.1. The second-order valence-corrected chi connectivity index (χ2v) is 10.4. The van der Waals surface area contributed by atoms with Gasteiger partial charge in [0, 0.05) is 5.92 Å². The molecule has 1 aliphatic carbocycles. The Bertz CT molecular complexity index is 1010. The summed E-state index contributed by atoms with van der Waals surface area (Å²) in [6.07, 6.45) is -0.306. The van der Waals surface area contributed by atoms with Crippen molar-refractivity contribution in [3.05, 3.63) is 65.7 Å². The van der Waals surface area contributed by atoms with Crippen molar-refractivity contribution < 1.29 is 22.7 Å². The molecule has 154 valence electrons. The van der Waals surface area contributed by atoms with Crippen LogP contribution in [-0.2, 0) is 19.4 Å². The van der Waals surface area contributed by atoms with E-state index in [9.17, 15) is 18.0 Å². The van der Waals surface area contributed by atoms with Gasteiger partial charge in [-0.2, -0.15) is 0 Å². The highest BCUT2D eigenvalue weighted by molar-refractivity contribution is 7.92. The summed E-state index contributed by atoms with van der Waals surface area (Å²) in [5.74, 6) is -0.710. The van der Waals surface area contributed by atoms with E-state index in [0.717, 1.165) is 5.56 Å². The molecule has 1 amide bonds. The zero-order chi connectivity index (χ0) is 21.4. The van der Waals surface area contributed by atoms with Gasteiger partial charge in [0.1, 0.15) is 22.7 Å². The van der Waals surface area contributed by atoms with Crippen molar-refractivity contribution in [3.63, 3.8) is 0 Å². The molecule has 0 spiro atoms. The minimum atomic E-state index is -3.88. The van der Waals surface area contributed by atoms with Crippen molar-refractivity contribution in [2.24, 2.45) is 0 Å². The first-order valence-electron chi connectivity index (χ1n) is 9.34. The van der Waals surface area contributed by atoms with Crippen LogP contribution in [0.1, 0.15) is 37.8 Å². The van der Waals surface area contributed by atoms with Crippen LogP contribution < -0.4 is 5.32 Å². The van der Waals surface area contributed by atoms with E-state index in [4.69, 9.17) is 4.74 Å². The lowest BCUT2D eigenvalue weighted by molar-refractivity contribution is -0.110. The quantitative estimate of drug-likeness (QED) is 0.756. The first-order chi connectivity index (χ1) is 13.5. The van der Waals surface area contributed by atoms with Crippen LogP contribution in [-0.4, -0.2) is 37.2 Å². The third-order valence-electron chi connectivity index (χ3n) is 4.93. The number of hydrogen-bond acceptors (Lipinski definition) is 5. The number of benzene rings is 2. The molecule has 6 nitrogen and oxygen atoms in total. The van der Waals surface area contributed by atoms with E-state index in [1.165, 1.54) is 12.1 Å². The van der Waals surface area contributed by atoms with Gasteiger partial charge in [-0.15, -0.1) is 0 Å². The van der Waals surface area contributed by atoms with E-state index in [2.05, 4.69) is 5.32 Å². The maximum Gasteiger partial charge on any atom is 0.408 e. The zero-order valence-electron chi connectivity index (χ0n) is 16.9. The molecule has 29 heavy (non-hydrogen) atoms. The number of alkyl carbamates (subject to hydrolysis) is 1. The van der Waals surface area contributed by atoms with Crippen molar-refractivity contribution in [3.8, 4) is 0 Å². The molecule has 2 aromatic carbocycles. The van der Waals surface area contributed by atoms with Crippen molar-refractivity contribution in [1.29, 1.82) is 0 Å². The summed E-state index contributed by atoms with van der Waals surface area (Å²) < 4.78 is 32.0. The van der Waals surface area contributed by atoms with Gasteiger partial charge in [-0.1, -0.05) is 48.0 Å². The second-order valence-electron chi connectivity index (χ2n) is 8.34. The highest BCUT2D eigenvalue weighted by Gasteiger charge is 2.73. The van der Waals surface area contributed by atoms with Crippen LogP contribution in [0.25, 0.3) is 0 Å². The number of hydrogen-bond donors (Lipinski definition) is 1. The van der Waals surface area contributed by atoms with Gasteiger partial charge in [0.15, 0.2) is 9.84 Å². The number of carbonyl (C=O) groups is 2. The Balaban J connectivity index is 2.04. The molecule has 0 bridgehead atoms. The van der Waals surface area contributed by atoms with Gasteiger partial charge in [0.2, 0.25) is 0 Å². The molecule has 0 unspecified atom stereocenters. The molecule has 2 aromatic rings. The molecule has 0 heterocycles. The van der Waals surface area contributed by atoms with Crippen LogP contribution in [0.3, 0.4) is 0 Å². The molecule has 3 atom stereocenters. The molecule has 0 aliphatic heterocycles. The standard InChI is InChI=1S/C22H25NO5S/c1-15-10-12-16(13-11-15)18-19(29(26,27)17-8-6-5-7-9-17)22(18,14-24)23-20(25)28-21(2,3)4/h5-14,18-19H,1-4H3,(H,23,25)/t18-,19-,22+/m1/s1. The average molecular weight is 416 g/mol. The van der Waals surface area contributed by atoms with E-state index < -0.39 is 38.2 Å². The van der Waals surface area contributed by atoms with E-state index in [-0.39, 0.29) is 4.90 Å². The van der Waals surface area contributed by atoms with Crippen LogP contribution in [0.2, 0.25) is 0 Å². The molecule has 3 rings (SSSR count). The lowest BCUT2D eigenvalue weighted by Crippen LogP contribution is -2.45. The number of amides is 1. The van der Waals surface area contributed by atoms with Gasteiger partial charge < -0.3 is 14.8 Å². The molecule has 1 aliphatic rings. The SMILES string of the molecule is Cc1ccc([C@@H]2[C@@H](S(=O)(=O)c3ccccc3)[C@@]2(C=O)NC(=O)OC(C)(C)C)cc1. The van der Waals surface area contributed by atoms with Gasteiger partial charge in [-0.3, -0.25) is 0 Å². The molecular weight excluding hydrogens is 390 g/mol. The molecule has 0 radical (unpaired) electrons. The van der Waals surface area contributed by atoms with Crippen molar-refractivity contribution in [2.45, 2.75) is 54.9 Å². The van der Waals surface area contributed by atoms with Gasteiger partial charge in [0.05, 0.1) is 4.90 Å². The third kappa shape index (κ3) is 4.05. The monoisotopic (exact) mass is 415 g/mol. The highest BCUT2D eigenvalue weighted by atomic mass is 32.2. The van der Waals surface area contributed by atoms with Crippen molar-refractivity contribution >= 4 is 22.2 Å². The number of nitrogens with one attached hydrogen (secondary N) is 1. The summed E-state index contributed by atoms with van der Waals surface area (Å²) in [7, 11) is -3.88. The molecule has 1 fully saturated rings. The first kappa shape index (κ1) is 21.0. The summed E-state index contributed by atoms with van der Waals surface area (Å²) in [6.45, 7) is 7.01. The minimum Gasteiger partial charge on any atom is -0.444 e. The Morgan fingerprint density at radius 2 is 1.66 bits per heavy atom. The topological polar surface area (TPSA) is 89.5 Å². The Morgan fingerprint density at radius 1 is 1.07 bits per heavy atom. The highest BCUT2D eigenvalue weighted by Crippen LogP contribution is 2.56. The number of rotatable bonds is 5. The van der Waals surface area contributed by atoms with E-state index in [0.29, 0.717) is 11.8 Å². The van der Waals surface area contributed by atoms with Crippen LogP contribution in [0.4, 0.5) is 4.79 Å². The summed E-state index contributed by atoms with van der Waals surface area (Å²) in [5, 5.41) is 1.43. The lowest BCUT2D eigenvalue weighted by Gasteiger charge is -2.22. The van der Waals surface area contributed by atoms with Crippen LogP contribution >= 0.6 is 0 Å². The summed E-state index contributed by atoms with van der Waals surface area (Å²) in [4.78, 5) is 24.7. The Hall–Kier alpha value is -2.67. The maximum atomic E-state index is 13.3. The summed E-state index contributed by atoms with van der Waals surface area (Å²) in [6, 6.07) is 15.2. The molecule has 0 saturated heterocycles. The van der Waals surface area contributed by atoms with Crippen LogP contribution in [0.5, 0.6) is 0 Å². The van der Waals surface area contributed by atoms with Crippen LogP contribution in [0.15, 0.2) is 59.5 Å². The number of aryl methyl sites for hydroxylation is 1. The van der Waals surface area contributed by atoms with E-state index in [1.54, 1.807) is 51.1 Å². The number of aldehydes is 1. The van der Waals surface area contributed by atoms with E-state index >= 15 is 0 Å². The number of ether oxygens (including phenoxy) is 1. The van der Waals surface area contributed by atoms with Gasteiger partial charge in [0.25, 0.3) is 0 Å². The van der Waals surface area contributed by atoms with E-state index in [1.807, 2.05) is 19.1 Å². The van der Waals surface area contributed by atoms with Gasteiger partial charge in [-0.25, -0.2) is 13.2 Å². The fourth-order valence-corrected chi connectivity index (χ4v) is 5.86. The Morgan fingerprint density at radius 3 is 2.17 bits per heavy atom. The normalized spacial score (nSPS) is 23.9. The fourth-order valence-electron chi connectivity index (χ4n) is 3.59. The number of carbonyl (C=O) groups excluding carboxylic acids is 2. The summed E-state index contributed by atoms with van der Waals surface area (Å²) >= 11 is 0. The molecule has 7 heteroatoms. The Labute approximate surface area is 171 Å². The van der Waals surface area contributed by atoms with Crippen LogP contribution in [0, 0.1) is 6.92 Å². The number of sulfone groups is 1. The minimum absolute atomic E-state index is 0.108. The average Bonchev–Trinajstić information content (AvgIpc) is 3.31. The zero-order valence-corrected chi connectivity index (χ0v) is 17.7. The van der Waals surface area contributed by atoms with Crippen molar-refractivity contribution in [1.82, 2.24) is 5.32 Å². The predicted octanol–water partition coefficient (Wildman–Crippen LogP) is 3.40. The van der Waals surface area contributed by atoms with Crippen molar-refractivity contribution in [2.75, 3.05) is 0 Å². The summed E-state index contributed by atoms with van der Waals surface area (Å²) in [5.41, 5.74) is -0.695. The molecule has 1 saturated carbocycles.